The van der Waals surface area contributed by atoms with Crippen LogP contribution >= 0.6 is 0 Å². The fourth-order valence-corrected chi connectivity index (χ4v) is 10.2. The molecule has 0 radical (unpaired) electrons. The van der Waals surface area contributed by atoms with Gasteiger partial charge in [-0.05, 0) is 139 Å². The predicted octanol–water partition coefficient (Wildman–Crippen LogP) is 14.0. The van der Waals surface area contributed by atoms with Crippen molar-refractivity contribution in [1.29, 1.82) is 0 Å². The van der Waals surface area contributed by atoms with Gasteiger partial charge in [-0.2, -0.15) is 0 Å². The molecule has 304 valence electrons. The molecular weight excluding hydrogens is 723 g/mol. The summed E-state index contributed by atoms with van der Waals surface area (Å²) < 4.78 is 0. The molecule has 6 aromatic carbocycles. The summed E-state index contributed by atoms with van der Waals surface area (Å²) in [5.41, 5.74) is 21.8. The highest BCUT2D eigenvalue weighted by Crippen LogP contribution is 2.50. The van der Waals surface area contributed by atoms with Crippen molar-refractivity contribution < 1.29 is 0 Å². The molecule has 1 unspecified atom stereocenters. The van der Waals surface area contributed by atoms with Crippen molar-refractivity contribution in [2.45, 2.75) is 118 Å². The maximum atomic E-state index is 2.63. The minimum Gasteiger partial charge on any atom is -0.311 e. The molecule has 0 saturated carbocycles. The summed E-state index contributed by atoms with van der Waals surface area (Å²) in [7, 11) is 0. The van der Waals surface area contributed by atoms with Crippen molar-refractivity contribution in [3.05, 3.63) is 167 Å². The van der Waals surface area contributed by atoms with Gasteiger partial charge in [-0.1, -0.05) is 167 Å². The molecule has 2 aliphatic heterocycles. The highest BCUT2D eigenvalue weighted by Gasteiger charge is 2.46. The van der Waals surface area contributed by atoms with Crippen molar-refractivity contribution in [2.24, 2.45) is 5.41 Å². The lowest BCUT2D eigenvalue weighted by Gasteiger charge is -2.45. The van der Waals surface area contributed by atoms with E-state index in [2.05, 4.69) is 226 Å². The summed E-state index contributed by atoms with van der Waals surface area (Å²) in [5.74, 6) is 0.246. The fraction of sp³-hybridized carbons (Fsp3) is 0.333. The first-order chi connectivity index (χ1) is 28.3. The summed E-state index contributed by atoms with van der Waals surface area (Å²) >= 11 is 0. The van der Waals surface area contributed by atoms with Crippen LogP contribution in [0.1, 0.15) is 135 Å². The van der Waals surface area contributed by atoms with Crippen molar-refractivity contribution in [2.75, 3.05) is 9.80 Å². The molecule has 0 N–H and O–H groups in total. The van der Waals surface area contributed by atoms with E-state index < -0.39 is 0 Å². The van der Waals surface area contributed by atoms with Gasteiger partial charge in [0, 0.05) is 40.0 Å². The zero-order valence-electron chi connectivity index (χ0n) is 38.2. The zero-order valence-corrected chi connectivity index (χ0v) is 38.2. The molecule has 6 aromatic rings. The van der Waals surface area contributed by atoms with E-state index in [1.807, 2.05) is 0 Å². The molecule has 1 atom stereocenters. The Labute approximate surface area is 361 Å². The Balaban J connectivity index is 1.43. The van der Waals surface area contributed by atoms with E-state index in [0.717, 1.165) is 24.2 Å². The third kappa shape index (κ3) is 6.83. The quantitative estimate of drug-likeness (QED) is 0.164. The number of anilines is 6. The Hall–Kier alpha value is -5.28. The molecule has 0 amide bonds. The van der Waals surface area contributed by atoms with E-state index in [4.69, 9.17) is 0 Å². The van der Waals surface area contributed by atoms with Crippen LogP contribution in [-0.2, 0) is 16.2 Å². The second kappa shape index (κ2) is 14.2. The second-order valence-electron chi connectivity index (χ2n) is 21.8. The molecule has 0 aromatic heterocycles. The molecule has 0 fully saturated rings. The van der Waals surface area contributed by atoms with Crippen LogP contribution in [0.2, 0.25) is 0 Å². The second-order valence-corrected chi connectivity index (χ2v) is 21.8. The van der Waals surface area contributed by atoms with Gasteiger partial charge in [-0.15, -0.1) is 0 Å². The van der Waals surface area contributed by atoms with Gasteiger partial charge in [0.25, 0.3) is 0 Å². The highest BCUT2D eigenvalue weighted by atomic mass is 15.2. The van der Waals surface area contributed by atoms with Crippen LogP contribution in [0.5, 0.6) is 0 Å². The van der Waals surface area contributed by atoms with Gasteiger partial charge in [0.05, 0.1) is 0 Å². The van der Waals surface area contributed by atoms with Crippen LogP contribution in [0.3, 0.4) is 0 Å². The van der Waals surface area contributed by atoms with Crippen molar-refractivity contribution in [1.82, 2.24) is 0 Å². The Morgan fingerprint density at radius 2 is 1.08 bits per heavy atom. The molecule has 3 heteroatoms. The molecule has 3 aliphatic rings. The largest absolute Gasteiger partial charge is 0.311 e. The molecular formula is C57H63BN2. The Bertz CT molecular complexity index is 2580. The Kier molecular flexibility index (Phi) is 9.47. The SMILES string of the molecule is CC(C)(C)C1=CCCC2c3cc(N(c4ccccc4)c4ccccc4)cc4c3B(c3cc(C(C)(C)C)ccc3N4c3ccc(C(C)(C)C)cc3)c3cc(C(C)(C)C)cc1c32. The first-order valence-electron chi connectivity index (χ1n) is 22.3. The van der Waals surface area contributed by atoms with E-state index >= 15 is 0 Å². The van der Waals surface area contributed by atoms with Crippen LogP contribution in [0.25, 0.3) is 5.57 Å². The summed E-state index contributed by atoms with van der Waals surface area (Å²) in [6, 6.07) is 49.0. The van der Waals surface area contributed by atoms with E-state index in [1.165, 1.54) is 72.5 Å². The van der Waals surface area contributed by atoms with Crippen LogP contribution in [-0.4, -0.2) is 6.71 Å². The maximum Gasteiger partial charge on any atom is 0.247 e. The molecule has 0 spiro atoms. The fourth-order valence-electron chi connectivity index (χ4n) is 10.2. The van der Waals surface area contributed by atoms with E-state index in [-0.39, 0.29) is 34.3 Å². The minimum absolute atomic E-state index is 0.00341. The van der Waals surface area contributed by atoms with Crippen molar-refractivity contribution in [3.63, 3.8) is 0 Å². The molecule has 1 aliphatic carbocycles. The number of benzene rings is 6. The van der Waals surface area contributed by atoms with Crippen LogP contribution in [0, 0.1) is 5.41 Å². The van der Waals surface area contributed by atoms with Gasteiger partial charge in [0.2, 0.25) is 6.71 Å². The smallest absolute Gasteiger partial charge is 0.247 e. The number of hydrogen-bond donors (Lipinski definition) is 0. The molecule has 2 heterocycles. The predicted molar refractivity (Wildman–Crippen MR) is 262 cm³/mol. The Morgan fingerprint density at radius 3 is 1.65 bits per heavy atom. The van der Waals surface area contributed by atoms with E-state index in [9.17, 15) is 0 Å². The summed E-state index contributed by atoms with van der Waals surface area (Å²) in [6.07, 6.45) is 4.71. The van der Waals surface area contributed by atoms with Gasteiger partial charge in [0.15, 0.2) is 0 Å². The van der Waals surface area contributed by atoms with Crippen LogP contribution in [0.15, 0.2) is 133 Å². The van der Waals surface area contributed by atoms with Gasteiger partial charge < -0.3 is 9.80 Å². The lowest BCUT2D eigenvalue weighted by molar-refractivity contribution is 0.563. The van der Waals surface area contributed by atoms with Crippen LogP contribution in [0.4, 0.5) is 34.1 Å². The summed E-state index contributed by atoms with van der Waals surface area (Å²) in [5, 5.41) is 0. The third-order valence-electron chi connectivity index (χ3n) is 13.4. The number of para-hydroxylation sites is 2. The molecule has 2 nitrogen and oxygen atoms in total. The topological polar surface area (TPSA) is 6.48 Å². The lowest BCUT2D eigenvalue weighted by atomic mass is 9.30. The summed E-state index contributed by atoms with van der Waals surface area (Å²) in [4.78, 5) is 5.08. The number of allylic oxidation sites excluding steroid dienone is 2. The lowest BCUT2D eigenvalue weighted by Crippen LogP contribution is -2.62. The highest BCUT2D eigenvalue weighted by molar-refractivity contribution is 6.99. The first kappa shape index (κ1) is 40.1. The van der Waals surface area contributed by atoms with Gasteiger partial charge >= 0.3 is 0 Å². The average molecular weight is 787 g/mol. The standard InChI is InChI=1S/C57H63BN2/c1-54(2,3)37-26-29-42(30-27-37)60-50-31-28-38(55(4,5)6)33-48(50)58-49-34-39(56(7,8)9)32-46-47(57(10,11)12)25-19-24-44(52(46)49)45-35-43(36-51(60)53(45)58)59(40-20-15-13-16-21-40)41-22-17-14-18-23-41/h13-18,20-23,25-36,44H,19,24H2,1-12H3. The van der Waals surface area contributed by atoms with Crippen molar-refractivity contribution >= 4 is 62.8 Å². The number of nitrogens with zero attached hydrogens (tertiary/aromatic N) is 2. The number of rotatable bonds is 4. The van der Waals surface area contributed by atoms with Gasteiger partial charge in [-0.25, -0.2) is 0 Å². The molecule has 9 rings (SSSR count). The monoisotopic (exact) mass is 787 g/mol. The number of fused-ring (bicyclic) bond motifs is 4. The minimum atomic E-state index is -0.0131. The van der Waals surface area contributed by atoms with Gasteiger partial charge in [0.1, 0.15) is 0 Å². The van der Waals surface area contributed by atoms with E-state index in [0.29, 0.717) is 0 Å². The summed E-state index contributed by atoms with van der Waals surface area (Å²) in [6.45, 7) is 28.5. The van der Waals surface area contributed by atoms with Crippen LogP contribution < -0.4 is 26.2 Å². The maximum absolute atomic E-state index is 2.63. The average Bonchev–Trinajstić information content (AvgIpc) is 3.40. The Morgan fingerprint density at radius 1 is 0.517 bits per heavy atom. The molecule has 60 heavy (non-hydrogen) atoms. The number of hydrogen-bond acceptors (Lipinski definition) is 2. The van der Waals surface area contributed by atoms with Gasteiger partial charge in [-0.3, -0.25) is 0 Å². The first-order valence-corrected chi connectivity index (χ1v) is 22.3. The van der Waals surface area contributed by atoms with E-state index in [1.54, 1.807) is 5.56 Å². The molecule has 0 bridgehead atoms. The zero-order chi connectivity index (χ0) is 42.5. The third-order valence-corrected chi connectivity index (χ3v) is 13.4. The molecule has 0 saturated heterocycles. The normalized spacial score (nSPS) is 16.1. The van der Waals surface area contributed by atoms with Crippen molar-refractivity contribution in [3.8, 4) is 0 Å².